The fraction of sp³-hybridized carbons (Fsp3) is 0.0690. The first kappa shape index (κ1) is 24.1. The molecule has 0 bridgehead atoms. The minimum absolute atomic E-state index is 0.171. The number of amides is 1. The van der Waals surface area contributed by atoms with Gasteiger partial charge in [-0.3, -0.25) is 9.69 Å². The molecule has 5 rings (SSSR count). The van der Waals surface area contributed by atoms with Gasteiger partial charge in [-0.1, -0.05) is 48.5 Å². The van der Waals surface area contributed by atoms with Crippen molar-refractivity contribution in [2.24, 2.45) is 4.99 Å². The van der Waals surface area contributed by atoms with Gasteiger partial charge in [0.15, 0.2) is 5.17 Å². The smallest absolute Gasteiger partial charge is 0.335 e. The lowest BCUT2D eigenvalue weighted by atomic mass is 10.1. The van der Waals surface area contributed by atoms with Crippen LogP contribution in [-0.4, -0.2) is 27.1 Å². The summed E-state index contributed by atoms with van der Waals surface area (Å²) in [5.41, 5.74) is 2.55. The highest BCUT2D eigenvalue weighted by Gasteiger charge is 2.34. The van der Waals surface area contributed by atoms with Crippen molar-refractivity contribution in [2.75, 3.05) is 0 Å². The Hall–Kier alpha value is -4.56. The molecule has 1 aliphatic heterocycles. The van der Waals surface area contributed by atoms with Crippen molar-refractivity contribution in [1.82, 2.24) is 4.90 Å². The first-order valence-electron chi connectivity index (χ1n) is 11.5. The summed E-state index contributed by atoms with van der Waals surface area (Å²) in [6, 6.07) is 27.1. The van der Waals surface area contributed by atoms with Crippen molar-refractivity contribution in [3.63, 3.8) is 0 Å². The maximum absolute atomic E-state index is 13.4. The third-order valence-corrected chi connectivity index (χ3v) is 6.57. The molecule has 4 aromatic rings. The van der Waals surface area contributed by atoms with E-state index in [1.165, 1.54) is 11.8 Å². The average Bonchev–Trinajstić information content (AvgIpc) is 3.53. The van der Waals surface area contributed by atoms with Crippen molar-refractivity contribution >= 4 is 40.6 Å². The van der Waals surface area contributed by atoms with Gasteiger partial charge in [0.2, 0.25) is 0 Å². The number of para-hydroxylation sites is 2. The van der Waals surface area contributed by atoms with Crippen LogP contribution in [0.3, 0.4) is 0 Å². The van der Waals surface area contributed by atoms with Gasteiger partial charge in [0.05, 0.1) is 29.0 Å². The molecular weight excluding hydrogens is 488 g/mol. The Labute approximate surface area is 217 Å². The first-order chi connectivity index (χ1) is 18.1. The lowest BCUT2D eigenvalue weighted by molar-refractivity contribution is -0.122. The molecule has 0 radical (unpaired) electrons. The predicted molar refractivity (Wildman–Crippen MR) is 143 cm³/mol. The quantitative estimate of drug-likeness (QED) is 0.277. The highest BCUT2D eigenvalue weighted by molar-refractivity contribution is 8.18. The third kappa shape index (κ3) is 5.82. The van der Waals surface area contributed by atoms with Gasteiger partial charge in [-0.15, -0.1) is 0 Å². The fourth-order valence-electron chi connectivity index (χ4n) is 3.68. The molecule has 3 aromatic carbocycles. The monoisotopic (exact) mass is 510 g/mol. The second kappa shape index (κ2) is 11.0. The Morgan fingerprint density at radius 3 is 2.46 bits per heavy atom. The first-order valence-corrected chi connectivity index (χ1v) is 12.3. The van der Waals surface area contributed by atoms with Crippen LogP contribution in [0.4, 0.5) is 5.69 Å². The summed E-state index contributed by atoms with van der Waals surface area (Å²) >= 11 is 1.30. The Balaban J connectivity index is 1.40. The van der Waals surface area contributed by atoms with Crippen molar-refractivity contribution in [3.05, 3.63) is 125 Å². The van der Waals surface area contributed by atoms with Crippen LogP contribution in [0.15, 0.2) is 112 Å². The zero-order valence-corrected chi connectivity index (χ0v) is 20.4. The van der Waals surface area contributed by atoms with E-state index >= 15 is 0 Å². The van der Waals surface area contributed by atoms with Crippen LogP contribution >= 0.6 is 11.8 Å². The van der Waals surface area contributed by atoms with E-state index in [2.05, 4.69) is 0 Å². The molecule has 8 heteroatoms. The molecule has 0 unspecified atom stereocenters. The normalized spacial score (nSPS) is 15.5. The molecule has 1 aliphatic rings. The third-order valence-electron chi connectivity index (χ3n) is 5.56. The van der Waals surface area contributed by atoms with E-state index in [9.17, 15) is 9.59 Å². The highest BCUT2D eigenvalue weighted by Crippen LogP contribution is 2.36. The summed E-state index contributed by atoms with van der Waals surface area (Å²) in [5.74, 6) is 0.125. The van der Waals surface area contributed by atoms with E-state index in [1.54, 1.807) is 47.6 Å². The molecule has 1 saturated heterocycles. The number of carboxylic acids is 1. The van der Waals surface area contributed by atoms with E-state index in [0.29, 0.717) is 21.6 Å². The predicted octanol–water partition coefficient (Wildman–Crippen LogP) is 6.36. The van der Waals surface area contributed by atoms with Crippen LogP contribution in [0.25, 0.3) is 6.08 Å². The number of furan rings is 1. The molecule has 0 atom stereocenters. The number of thioether (sulfide) groups is 1. The summed E-state index contributed by atoms with van der Waals surface area (Å²) < 4.78 is 11.5. The number of hydrogen-bond donors (Lipinski definition) is 1. The van der Waals surface area contributed by atoms with E-state index in [1.807, 2.05) is 60.7 Å². The molecule has 1 aromatic heterocycles. The topological polar surface area (TPSA) is 92.3 Å². The molecule has 2 heterocycles. The van der Waals surface area contributed by atoms with E-state index < -0.39 is 5.97 Å². The van der Waals surface area contributed by atoms with Crippen molar-refractivity contribution < 1.29 is 23.8 Å². The van der Waals surface area contributed by atoms with Crippen LogP contribution in [0.2, 0.25) is 0 Å². The van der Waals surface area contributed by atoms with Crippen molar-refractivity contribution in [2.45, 2.75) is 13.2 Å². The van der Waals surface area contributed by atoms with Crippen LogP contribution in [0.1, 0.15) is 27.2 Å². The number of benzene rings is 3. The summed E-state index contributed by atoms with van der Waals surface area (Å²) in [5, 5.41) is 9.65. The van der Waals surface area contributed by atoms with Gasteiger partial charge in [-0.25, -0.2) is 9.79 Å². The molecule has 1 N–H and O–H groups in total. The minimum atomic E-state index is -0.973. The number of rotatable bonds is 8. The molecule has 7 nitrogen and oxygen atoms in total. The number of nitrogens with zero attached hydrogens (tertiary/aromatic N) is 2. The second-order valence-electron chi connectivity index (χ2n) is 8.14. The van der Waals surface area contributed by atoms with Gasteiger partial charge < -0.3 is 14.3 Å². The number of ether oxygens (including phenoxy) is 1. The standard InChI is InChI=1S/C29H22N2O5S/c32-27-26(37-29(30-23-8-2-1-3-9-23)31(27)18-24-10-6-16-35-24)17-22-7-4-5-11-25(22)36-19-20-12-14-21(15-13-20)28(33)34/h1-17H,18-19H2,(H,33,34)/b26-17-,30-29?. The molecule has 184 valence electrons. The number of carboxylic acid groups (broad SMARTS) is 1. The number of carbonyl (C=O) groups excluding carboxylic acids is 1. The average molecular weight is 511 g/mol. The summed E-state index contributed by atoms with van der Waals surface area (Å²) in [6.45, 7) is 0.527. The van der Waals surface area contributed by atoms with E-state index in [0.717, 1.165) is 16.8 Å². The molecule has 1 amide bonds. The molecule has 0 spiro atoms. The van der Waals surface area contributed by atoms with Gasteiger partial charge in [0.1, 0.15) is 18.1 Å². The summed E-state index contributed by atoms with van der Waals surface area (Å²) in [7, 11) is 0. The Morgan fingerprint density at radius 1 is 0.973 bits per heavy atom. The van der Waals surface area contributed by atoms with Crippen molar-refractivity contribution in [3.8, 4) is 5.75 Å². The Kier molecular flexibility index (Phi) is 7.19. The number of aliphatic imine (C=N–C) groups is 1. The lowest BCUT2D eigenvalue weighted by Crippen LogP contribution is -2.28. The highest BCUT2D eigenvalue weighted by atomic mass is 32.2. The number of carbonyl (C=O) groups is 2. The van der Waals surface area contributed by atoms with E-state index in [-0.39, 0.29) is 24.6 Å². The number of hydrogen-bond acceptors (Lipinski definition) is 6. The van der Waals surface area contributed by atoms with Gasteiger partial charge in [-0.05, 0) is 65.9 Å². The van der Waals surface area contributed by atoms with Crippen LogP contribution < -0.4 is 4.74 Å². The molecule has 37 heavy (non-hydrogen) atoms. The van der Waals surface area contributed by atoms with Crippen molar-refractivity contribution in [1.29, 1.82) is 0 Å². The van der Waals surface area contributed by atoms with E-state index in [4.69, 9.17) is 19.3 Å². The Morgan fingerprint density at radius 2 is 1.73 bits per heavy atom. The molecule has 1 fully saturated rings. The van der Waals surface area contributed by atoms with Gasteiger partial charge in [-0.2, -0.15) is 0 Å². The number of amidine groups is 1. The second-order valence-corrected chi connectivity index (χ2v) is 9.15. The minimum Gasteiger partial charge on any atom is -0.488 e. The zero-order chi connectivity index (χ0) is 25.6. The fourth-order valence-corrected chi connectivity index (χ4v) is 4.67. The zero-order valence-electron chi connectivity index (χ0n) is 19.6. The number of aromatic carboxylic acids is 1. The molecule has 0 aliphatic carbocycles. The summed E-state index contributed by atoms with van der Waals surface area (Å²) in [6.07, 6.45) is 3.38. The van der Waals surface area contributed by atoms with Crippen LogP contribution in [0.5, 0.6) is 5.75 Å². The molecular formula is C29H22N2O5S. The van der Waals surface area contributed by atoms with Gasteiger partial charge >= 0.3 is 5.97 Å². The van der Waals surface area contributed by atoms with Gasteiger partial charge in [0, 0.05) is 5.56 Å². The lowest BCUT2D eigenvalue weighted by Gasteiger charge is -2.13. The maximum Gasteiger partial charge on any atom is 0.335 e. The largest absolute Gasteiger partial charge is 0.488 e. The maximum atomic E-state index is 13.4. The Bertz CT molecular complexity index is 1460. The summed E-state index contributed by atoms with van der Waals surface area (Å²) in [4.78, 5) is 31.4. The molecule has 0 saturated carbocycles. The van der Waals surface area contributed by atoms with Crippen LogP contribution in [-0.2, 0) is 17.9 Å². The SMILES string of the molecule is O=C(O)c1ccc(COc2ccccc2/C=C2\SC(=Nc3ccccc3)N(Cc3ccco3)C2=O)cc1. The van der Waals surface area contributed by atoms with Crippen LogP contribution in [0, 0.1) is 0 Å². The van der Waals surface area contributed by atoms with Gasteiger partial charge in [0.25, 0.3) is 5.91 Å².